The molecule has 4 heteroatoms. The van der Waals surface area contributed by atoms with Gasteiger partial charge in [0.15, 0.2) is 6.29 Å². The van der Waals surface area contributed by atoms with Gasteiger partial charge in [-0.1, -0.05) is 0 Å². The molecule has 1 aliphatic heterocycles. The molecule has 4 rings (SSSR count). The molecule has 0 N–H and O–H groups in total. The summed E-state index contributed by atoms with van der Waals surface area (Å²) in [5, 5.41) is 0. The van der Waals surface area contributed by atoms with Gasteiger partial charge in [-0.3, -0.25) is 4.79 Å². The molecule has 0 saturated heterocycles. The van der Waals surface area contributed by atoms with E-state index in [1.54, 1.807) is 0 Å². The van der Waals surface area contributed by atoms with Crippen molar-refractivity contribution in [3.63, 3.8) is 0 Å². The zero-order chi connectivity index (χ0) is 12.8. The van der Waals surface area contributed by atoms with Crippen LogP contribution in [0.5, 0.6) is 5.75 Å². The molecule has 1 fully saturated rings. The lowest BCUT2D eigenvalue weighted by atomic mass is 10.1. The molecule has 1 aromatic heterocycles. The average Bonchev–Trinajstić information content (AvgIpc) is 3.03. The van der Waals surface area contributed by atoms with Gasteiger partial charge in [-0.2, -0.15) is 0 Å². The molecule has 4 nitrogen and oxygen atoms in total. The standard InChI is InChI=1S/C15H13NO3/c17-8-12-14(9-1-2-9)19-15(16-12)11-3-4-13-10(7-11)5-6-18-13/h3-4,7-9H,1-2,5-6H2. The third kappa shape index (κ3) is 1.75. The molecule has 0 unspecified atom stereocenters. The zero-order valence-corrected chi connectivity index (χ0v) is 10.4. The number of oxazole rings is 1. The van der Waals surface area contributed by atoms with Gasteiger partial charge in [0.2, 0.25) is 5.89 Å². The Hall–Kier alpha value is -2.10. The Morgan fingerprint density at radius 1 is 1.32 bits per heavy atom. The molecule has 1 aliphatic carbocycles. The SMILES string of the molecule is O=Cc1nc(-c2ccc3c(c2)CCO3)oc1C1CC1. The number of nitrogens with zero attached hydrogens (tertiary/aromatic N) is 1. The second-order valence-electron chi connectivity index (χ2n) is 5.08. The lowest BCUT2D eigenvalue weighted by Crippen LogP contribution is -1.86. The second-order valence-corrected chi connectivity index (χ2v) is 5.08. The van der Waals surface area contributed by atoms with Crippen molar-refractivity contribution < 1.29 is 13.9 Å². The van der Waals surface area contributed by atoms with Crippen LogP contribution >= 0.6 is 0 Å². The van der Waals surface area contributed by atoms with Crippen LogP contribution in [0, 0.1) is 0 Å². The van der Waals surface area contributed by atoms with Gasteiger partial charge in [0.05, 0.1) is 6.61 Å². The van der Waals surface area contributed by atoms with E-state index >= 15 is 0 Å². The molecule has 0 atom stereocenters. The van der Waals surface area contributed by atoms with E-state index in [9.17, 15) is 4.79 Å². The van der Waals surface area contributed by atoms with E-state index in [1.165, 1.54) is 5.56 Å². The number of aldehydes is 1. The van der Waals surface area contributed by atoms with Gasteiger partial charge < -0.3 is 9.15 Å². The minimum atomic E-state index is 0.388. The normalized spacial score (nSPS) is 17.1. The van der Waals surface area contributed by atoms with Crippen molar-refractivity contribution >= 4 is 6.29 Å². The molecule has 0 radical (unpaired) electrons. The summed E-state index contributed by atoms with van der Waals surface area (Å²) in [6.45, 7) is 0.733. The number of aromatic nitrogens is 1. The van der Waals surface area contributed by atoms with Crippen LogP contribution in [0.3, 0.4) is 0 Å². The quantitative estimate of drug-likeness (QED) is 0.791. The first kappa shape index (κ1) is 10.8. The highest BCUT2D eigenvalue weighted by atomic mass is 16.5. The maximum atomic E-state index is 11.0. The Balaban J connectivity index is 1.77. The molecule has 2 heterocycles. The molecule has 2 aliphatic rings. The summed E-state index contributed by atoms with van der Waals surface area (Å²) in [6, 6.07) is 5.92. The molecule has 1 aromatic carbocycles. The second kappa shape index (κ2) is 3.95. The number of fused-ring (bicyclic) bond motifs is 1. The lowest BCUT2D eigenvalue weighted by molar-refractivity contribution is 0.111. The number of carbonyl (C=O) groups excluding carboxylic acids is 1. The summed E-state index contributed by atoms with van der Waals surface area (Å²) >= 11 is 0. The van der Waals surface area contributed by atoms with E-state index in [1.807, 2.05) is 18.2 Å². The van der Waals surface area contributed by atoms with E-state index in [-0.39, 0.29) is 0 Å². The van der Waals surface area contributed by atoms with Crippen LogP contribution in [0.4, 0.5) is 0 Å². The van der Waals surface area contributed by atoms with Gasteiger partial charge in [0.25, 0.3) is 0 Å². The minimum Gasteiger partial charge on any atom is -0.493 e. The summed E-state index contributed by atoms with van der Waals surface area (Å²) in [5.41, 5.74) is 2.55. The molecule has 0 amide bonds. The van der Waals surface area contributed by atoms with Crippen molar-refractivity contribution in [3.8, 4) is 17.2 Å². The lowest BCUT2D eigenvalue weighted by Gasteiger charge is -2.00. The maximum Gasteiger partial charge on any atom is 0.226 e. The van der Waals surface area contributed by atoms with Crippen LogP contribution in [0.2, 0.25) is 0 Å². The molecular weight excluding hydrogens is 242 g/mol. The summed E-state index contributed by atoms with van der Waals surface area (Å²) in [5.74, 6) is 2.62. The Kier molecular flexibility index (Phi) is 2.24. The number of hydrogen-bond acceptors (Lipinski definition) is 4. The van der Waals surface area contributed by atoms with E-state index in [0.29, 0.717) is 17.5 Å². The largest absolute Gasteiger partial charge is 0.493 e. The molecule has 2 aromatic rings. The monoisotopic (exact) mass is 255 g/mol. The molecule has 0 bridgehead atoms. The van der Waals surface area contributed by atoms with E-state index in [0.717, 1.165) is 49.2 Å². The maximum absolute atomic E-state index is 11.0. The van der Waals surface area contributed by atoms with Crippen LogP contribution in [-0.2, 0) is 6.42 Å². The summed E-state index contributed by atoms with van der Waals surface area (Å²) in [6.07, 6.45) is 3.89. The van der Waals surface area contributed by atoms with E-state index < -0.39 is 0 Å². The number of rotatable bonds is 3. The fourth-order valence-electron chi connectivity index (χ4n) is 2.51. The van der Waals surface area contributed by atoms with Gasteiger partial charge in [-0.25, -0.2) is 4.98 Å². The van der Waals surface area contributed by atoms with E-state index in [2.05, 4.69) is 4.98 Å². The van der Waals surface area contributed by atoms with Crippen LogP contribution in [0.25, 0.3) is 11.5 Å². The average molecular weight is 255 g/mol. The highest BCUT2D eigenvalue weighted by Crippen LogP contribution is 2.43. The van der Waals surface area contributed by atoms with Crippen LogP contribution in [0.1, 0.15) is 40.6 Å². The fourth-order valence-corrected chi connectivity index (χ4v) is 2.51. The van der Waals surface area contributed by atoms with Gasteiger partial charge in [-0.15, -0.1) is 0 Å². The summed E-state index contributed by atoms with van der Waals surface area (Å²) < 4.78 is 11.3. The topological polar surface area (TPSA) is 52.3 Å². The summed E-state index contributed by atoms with van der Waals surface area (Å²) in [7, 11) is 0. The van der Waals surface area contributed by atoms with Crippen molar-refractivity contribution in [2.24, 2.45) is 0 Å². The third-order valence-electron chi connectivity index (χ3n) is 3.68. The molecular formula is C15H13NO3. The minimum absolute atomic E-state index is 0.388. The Morgan fingerprint density at radius 3 is 3.00 bits per heavy atom. The first-order valence-electron chi connectivity index (χ1n) is 6.57. The van der Waals surface area contributed by atoms with Crippen molar-refractivity contribution in [3.05, 3.63) is 35.2 Å². The smallest absolute Gasteiger partial charge is 0.226 e. The highest BCUT2D eigenvalue weighted by Gasteiger charge is 2.31. The molecule has 0 spiro atoms. The number of carbonyl (C=O) groups is 1. The van der Waals surface area contributed by atoms with Crippen LogP contribution in [-0.4, -0.2) is 17.9 Å². The summed E-state index contributed by atoms with van der Waals surface area (Å²) in [4.78, 5) is 15.4. The predicted octanol–water partition coefficient (Wildman–Crippen LogP) is 2.97. The highest BCUT2D eigenvalue weighted by molar-refractivity contribution is 5.75. The van der Waals surface area contributed by atoms with Crippen LogP contribution in [0.15, 0.2) is 22.6 Å². The first-order valence-corrected chi connectivity index (χ1v) is 6.57. The van der Waals surface area contributed by atoms with Crippen molar-refractivity contribution in [1.29, 1.82) is 0 Å². The fraction of sp³-hybridized carbons (Fsp3) is 0.333. The third-order valence-corrected chi connectivity index (χ3v) is 3.68. The van der Waals surface area contributed by atoms with Crippen molar-refractivity contribution in [1.82, 2.24) is 4.98 Å². The van der Waals surface area contributed by atoms with Gasteiger partial charge >= 0.3 is 0 Å². The van der Waals surface area contributed by atoms with Gasteiger partial charge in [0.1, 0.15) is 17.2 Å². The molecule has 96 valence electrons. The molecule has 19 heavy (non-hydrogen) atoms. The van der Waals surface area contributed by atoms with Crippen molar-refractivity contribution in [2.45, 2.75) is 25.2 Å². The Bertz CT molecular complexity index is 655. The van der Waals surface area contributed by atoms with E-state index in [4.69, 9.17) is 9.15 Å². The van der Waals surface area contributed by atoms with Crippen molar-refractivity contribution in [2.75, 3.05) is 6.61 Å². The van der Waals surface area contributed by atoms with Crippen LogP contribution < -0.4 is 4.74 Å². The first-order chi connectivity index (χ1) is 9.35. The predicted molar refractivity (Wildman–Crippen MR) is 68.5 cm³/mol. The number of ether oxygens (including phenoxy) is 1. The zero-order valence-electron chi connectivity index (χ0n) is 10.4. The Labute approximate surface area is 110 Å². The number of hydrogen-bond donors (Lipinski definition) is 0. The number of benzene rings is 1. The Morgan fingerprint density at radius 2 is 2.21 bits per heavy atom. The van der Waals surface area contributed by atoms with Gasteiger partial charge in [-0.05, 0) is 36.6 Å². The molecule has 1 saturated carbocycles. The van der Waals surface area contributed by atoms with Gasteiger partial charge in [0, 0.05) is 17.9 Å².